The number of aromatic nitrogens is 7. The van der Waals surface area contributed by atoms with Gasteiger partial charge >= 0.3 is 0 Å². The lowest BCUT2D eigenvalue weighted by Gasteiger charge is -2.17. The Morgan fingerprint density at radius 2 is 2.08 bits per heavy atom. The zero-order valence-electron chi connectivity index (χ0n) is 22.6. The minimum Gasteiger partial charge on any atom is -0.366 e. The van der Waals surface area contributed by atoms with Gasteiger partial charge in [0.1, 0.15) is 12.1 Å². The second-order valence-corrected chi connectivity index (χ2v) is 10.1. The monoisotopic (exact) mass is 537 g/mol. The van der Waals surface area contributed by atoms with Crippen LogP contribution in [0, 0.1) is 13.8 Å². The molecule has 0 spiro atoms. The third kappa shape index (κ3) is 5.34. The van der Waals surface area contributed by atoms with Gasteiger partial charge in [0.15, 0.2) is 5.82 Å². The van der Waals surface area contributed by atoms with E-state index < -0.39 is 0 Å². The Morgan fingerprint density at radius 1 is 1.18 bits per heavy atom. The first-order valence-corrected chi connectivity index (χ1v) is 13.2. The van der Waals surface area contributed by atoms with Gasteiger partial charge in [-0.25, -0.2) is 19.9 Å². The van der Waals surface area contributed by atoms with Gasteiger partial charge in [-0.1, -0.05) is 12.1 Å². The van der Waals surface area contributed by atoms with Crippen molar-refractivity contribution in [2.24, 2.45) is 7.05 Å². The predicted molar refractivity (Wildman–Crippen MR) is 154 cm³/mol. The molecule has 0 saturated carbocycles. The van der Waals surface area contributed by atoms with Crippen LogP contribution in [0.2, 0.25) is 0 Å². The molecule has 6 rings (SSSR count). The molecular weight excluding hydrogens is 506 g/mol. The van der Waals surface area contributed by atoms with E-state index in [9.17, 15) is 4.79 Å². The number of amides is 1. The highest BCUT2D eigenvalue weighted by molar-refractivity contribution is 6.06. The van der Waals surface area contributed by atoms with Gasteiger partial charge in [0.2, 0.25) is 11.9 Å². The van der Waals surface area contributed by atoms with Crippen LogP contribution in [0.4, 0.5) is 23.3 Å². The Labute approximate surface area is 231 Å². The summed E-state index contributed by atoms with van der Waals surface area (Å²) >= 11 is 0. The number of hydrogen-bond donors (Lipinski definition) is 4. The Kier molecular flexibility index (Phi) is 6.83. The van der Waals surface area contributed by atoms with E-state index in [1.165, 1.54) is 6.33 Å². The molecule has 0 radical (unpaired) electrons. The second kappa shape index (κ2) is 10.7. The summed E-state index contributed by atoms with van der Waals surface area (Å²) in [5.41, 5.74) is 5.30. The Bertz CT molecular complexity index is 1640. The van der Waals surface area contributed by atoms with E-state index in [0.29, 0.717) is 18.3 Å². The molecule has 1 saturated heterocycles. The Morgan fingerprint density at radius 3 is 2.88 bits per heavy atom. The summed E-state index contributed by atoms with van der Waals surface area (Å²) in [6.07, 6.45) is 7.91. The van der Waals surface area contributed by atoms with Crippen LogP contribution in [-0.4, -0.2) is 71.2 Å². The number of rotatable bonds is 8. The molecule has 1 aliphatic heterocycles. The fourth-order valence-corrected chi connectivity index (χ4v) is 5.04. The van der Waals surface area contributed by atoms with E-state index in [0.717, 1.165) is 64.4 Å². The third-order valence-electron chi connectivity index (χ3n) is 7.14. The van der Waals surface area contributed by atoms with E-state index in [2.05, 4.69) is 45.9 Å². The summed E-state index contributed by atoms with van der Waals surface area (Å²) in [4.78, 5) is 35.9. The molecule has 1 amide bonds. The van der Waals surface area contributed by atoms with Crippen LogP contribution in [0.5, 0.6) is 0 Å². The summed E-state index contributed by atoms with van der Waals surface area (Å²) in [7, 11) is 1.89. The average molecular weight is 538 g/mol. The quantitative estimate of drug-likeness (QED) is 0.233. The van der Waals surface area contributed by atoms with E-state index in [1.54, 1.807) is 17.1 Å². The molecule has 40 heavy (non-hydrogen) atoms. The summed E-state index contributed by atoms with van der Waals surface area (Å²) in [6.45, 7) is 5.91. The average Bonchev–Trinajstić information content (AvgIpc) is 3.65. The lowest BCUT2D eigenvalue weighted by molar-refractivity contribution is -0.117. The van der Waals surface area contributed by atoms with Crippen LogP contribution >= 0.6 is 0 Å². The van der Waals surface area contributed by atoms with E-state index in [1.807, 2.05) is 57.4 Å². The highest BCUT2D eigenvalue weighted by atomic mass is 16.2. The molecule has 12 heteroatoms. The van der Waals surface area contributed by atoms with Crippen LogP contribution in [0.15, 0.2) is 55.2 Å². The van der Waals surface area contributed by atoms with Gasteiger partial charge in [0.25, 0.3) is 0 Å². The number of nitrogens with one attached hydrogen (secondary N) is 4. The highest BCUT2D eigenvalue weighted by Crippen LogP contribution is 2.33. The lowest BCUT2D eigenvalue weighted by Crippen LogP contribution is -2.33. The number of aromatic amines is 1. The van der Waals surface area contributed by atoms with Gasteiger partial charge in [-0.2, -0.15) is 5.10 Å². The number of H-pyrrole nitrogens is 1. The molecule has 1 unspecified atom stereocenters. The fraction of sp³-hybridized carbons (Fsp3) is 0.286. The molecule has 4 aromatic heterocycles. The fourth-order valence-electron chi connectivity index (χ4n) is 5.04. The van der Waals surface area contributed by atoms with Gasteiger partial charge < -0.3 is 20.9 Å². The number of anilines is 4. The summed E-state index contributed by atoms with van der Waals surface area (Å²) < 4.78 is 1.80. The molecule has 1 aliphatic rings. The van der Waals surface area contributed by atoms with Crippen molar-refractivity contribution in [2.45, 2.75) is 26.3 Å². The van der Waals surface area contributed by atoms with Crippen molar-refractivity contribution < 1.29 is 4.79 Å². The van der Waals surface area contributed by atoms with Crippen LogP contribution in [0.3, 0.4) is 0 Å². The third-order valence-corrected chi connectivity index (χ3v) is 7.14. The minimum absolute atomic E-state index is 0.0540. The number of carbonyl (C=O) groups excluding carboxylic acids is 1. The number of carbonyl (C=O) groups is 1. The molecule has 4 N–H and O–H groups in total. The largest absolute Gasteiger partial charge is 0.366 e. The Balaban J connectivity index is 1.15. The minimum atomic E-state index is -0.0540. The normalized spacial score (nSPS) is 15.4. The zero-order valence-corrected chi connectivity index (χ0v) is 22.6. The van der Waals surface area contributed by atoms with E-state index >= 15 is 0 Å². The van der Waals surface area contributed by atoms with Crippen molar-refractivity contribution in [3.05, 3.63) is 66.5 Å². The standard InChI is InChI=1S/C28H31N11O/c1-17-12-31-28(35-24-11-18(2)38(3)37-24)36-26(17)21-13-30-27-20(21)5-4-6-22(27)34-25(40)15-39-10-8-19(14-39)33-23-7-9-29-16-32-23/h4-7,9,11-13,16,19,30H,8,10,14-15H2,1-3H3,(H,34,40)(H,29,32,33)(H,31,35,36,37). The summed E-state index contributed by atoms with van der Waals surface area (Å²) in [5.74, 6) is 1.90. The van der Waals surface area contributed by atoms with Crippen molar-refractivity contribution in [1.29, 1.82) is 0 Å². The van der Waals surface area contributed by atoms with Gasteiger partial charge in [-0.15, -0.1) is 0 Å². The number of hydrogen-bond acceptors (Lipinski definition) is 9. The van der Waals surface area contributed by atoms with Crippen molar-refractivity contribution in [2.75, 3.05) is 35.6 Å². The summed E-state index contributed by atoms with van der Waals surface area (Å²) in [5, 5.41) is 15.1. The Hall–Kier alpha value is -4.84. The zero-order chi connectivity index (χ0) is 27.6. The van der Waals surface area contributed by atoms with Crippen molar-refractivity contribution >= 4 is 40.1 Å². The molecule has 1 aromatic carbocycles. The second-order valence-electron chi connectivity index (χ2n) is 10.1. The lowest BCUT2D eigenvalue weighted by atomic mass is 10.1. The molecule has 0 aliphatic carbocycles. The first kappa shape index (κ1) is 25.4. The number of likely N-dealkylation sites (tertiary alicyclic amines) is 1. The number of benzene rings is 1. The van der Waals surface area contributed by atoms with Crippen molar-refractivity contribution in [3.63, 3.8) is 0 Å². The first-order valence-electron chi connectivity index (χ1n) is 13.2. The molecule has 1 atom stereocenters. The molecular formula is C28H31N11O. The number of nitrogens with zero attached hydrogens (tertiary/aromatic N) is 7. The van der Waals surface area contributed by atoms with Crippen molar-refractivity contribution in [1.82, 2.24) is 39.6 Å². The number of aryl methyl sites for hydroxylation is 3. The number of fused-ring (bicyclic) bond motifs is 1. The van der Waals surface area contributed by atoms with Crippen LogP contribution in [-0.2, 0) is 11.8 Å². The molecule has 204 valence electrons. The maximum atomic E-state index is 13.0. The van der Waals surface area contributed by atoms with Crippen LogP contribution in [0.25, 0.3) is 22.2 Å². The highest BCUT2D eigenvalue weighted by Gasteiger charge is 2.24. The summed E-state index contributed by atoms with van der Waals surface area (Å²) in [6, 6.07) is 9.92. The van der Waals surface area contributed by atoms with E-state index in [4.69, 9.17) is 4.98 Å². The molecule has 1 fully saturated rings. The smallest absolute Gasteiger partial charge is 0.238 e. The van der Waals surface area contributed by atoms with Crippen LogP contribution in [0.1, 0.15) is 17.7 Å². The van der Waals surface area contributed by atoms with Gasteiger partial charge in [-0.3, -0.25) is 14.4 Å². The van der Waals surface area contributed by atoms with Gasteiger partial charge in [0.05, 0.1) is 23.4 Å². The molecule has 5 heterocycles. The molecule has 0 bridgehead atoms. The van der Waals surface area contributed by atoms with Gasteiger partial charge in [-0.05, 0) is 38.0 Å². The van der Waals surface area contributed by atoms with Crippen LogP contribution < -0.4 is 16.0 Å². The maximum absolute atomic E-state index is 13.0. The molecule has 12 nitrogen and oxygen atoms in total. The SMILES string of the molecule is Cc1cnc(Nc2cc(C)n(C)n2)nc1-c1c[nH]c2c(NC(=O)CN3CCC(Nc4ccncn4)C3)cccc12. The predicted octanol–water partition coefficient (Wildman–Crippen LogP) is 3.63. The topological polar surface area (TPSA) is 142 Å². The van der Waals surface area contributed by atoms with Crippen molar-refractivity contribution in [3.8, 4) is 11.3 Å². The number of para-hydroxylation sites is 1. The van der Waals surface area contributed by atoms with Gasteiger partial charge in [0, 0.05) is 67.5 Å². The maximum Gasteiger partial charge on any atom is 0.238 e. The van der Waals surface area contributed by atoms with E-state index in [-0.39, 0.29) is 11.9 Å². The molecule has 5 aromatic rings. The first-order chi connectivity index (χ1) is 19.4.